The summed E-state index contributed by atoms with van der Waals surface area (Å²) in [6.45, 7) is 9.17. The summed E-state index contributed by atoms with van der Waals surface area (Å²) in [6, 6.07) is 5.24. The smallest absolute Gasteiger partial charge is 0.284 e. The summed E-state index contributed by atoms with van der Waals surface area (Å²) in [4.78, 5) is 23.1. The Bertz CT molecular complexity index is 427. The number of ketones is 1. The zero-order valence-electron chi connectivity index (χ0n) is 10.0. The maximum atomic E-state index is 11.9. The molecule has 0 aliphatic rings. The Balaban J connectivity index is 0.00000256. The molecule has 1 atom stereocenters. The van der Waals surface area contributed by atoms with Crippen LogP contribution in [0.4, 0.5) is 0 Å². The molecule has 89 valence electrons. The molecule has 4 heteroatoms. The Morgan fingerprint density at radius 2 is 1.94 bits per heavy atom. The first-order chi connectivity index (χ1) is 7.47. The second-order valence-corrected chi connectivity index (χ2v) is 3.60. The molecule has 0 saturated carbocycles. The summed E-state index contributed by atoms with van der Waals surface area (Å²) < 4.78 is 4.48. The number of hydrogen-bond acceptors (Lipinski definition) is 3. The summed E-state index contributed by atoms with van der Waals surface area (Å²) in [5.74, 6) is -2.03. The van der Waals surface area contributed by atoms with E-state index < -0.39 is 11.9 Å². The van der Waals surface area contributed by atoms with E-state index in [0.717, 1.165) is 5.56 Å². The summed E-state index contributed by atoms with van der Waals surface area (Å²) in [5.41, 5.74) is 2.03. The standard InChI is InChI=1S/C13H14O3.Y/c1-8-5-6-11(9(2)7-8)12(14)10(3)13(15)16-4;/h5-7,10H,2-3H2,1,4H3;/q-2;. The minimum absolute atomic E-state index is 0. The third-order valence-corrected chi connectivity index (χ3v) is 2.33. The SMILES string of the molecule is [CH2-]c1cc(C)ccc1C(=O)C([CH2-])C(=O)OC.[Y]. The van der Waals surface area contributed by atoms with E-state index in [9.17, 15) is 9.59 Å². The van der Waals surface area contributed by atoms with Crippen molar-refractivity contribution in [1.82, 2.24) is 0 Å². The van der Waals surface area contributed by atoms with Gasteiger partial charge in [0.05, 0.1) is 12.9 Å². The first-order valence-corrected chi connectivity index (χ1v) is 4.85. The second-order valence-electron chi connectivity index (χ2n) is 3.60. The van der Waals surface area contributed by atoms with Crippen LogP contribution in [0.5, 0.6) is 0 Å². The number of esters is 1. The average molecular weight is 307 g/mol. The van der Waals surface area contributed by atoms with Gasteiger partial charge < -0.3 is 16.5 Å². The van der Waals surface area contributed by atoms with Crippen LogP contribution in [0.1, 0.15) is 21.5 Å². The van der Waals surface area contributed by atoms with Gasteiger partial charge in [-0.15, -0.1) is 11.6 Å². The van der Waals surface area contributed by atoms with Crippen molar-refractivity contribution in [3.63, 3.8) is 0 Å². The Kier molecular flexibility index (Phi) is 6.65. The van der Waals surface area contributed by atoms with Crippen molar-refractivity contribution in [1.29, 1.82) is 0 Å². The first-order valence-electron chi connectivity index (χ1n) is 4.85. The van der Waals surface area contributed by atoms with Crippen molar-refractivity contribution in [2.24, 2.45) is 5.92 Å². The predicted octanol–water partition coefficient (Wildman–Crippen LogP) is 1.98. The number of Topliss-reactive ketones (excluding diaryl/α,β-unsaturated/α-hetero) is 1. The second kappa shape index (κ2) is 6.92. The predicted molar refractivity (Wildman–Crippen MR) is 60.8 cm³/mol. The topological polar surface area (TPSA) is 43.4 Å². The maximum absolute atomic E-state index is 11.9. The fourth-order valence-corrected chi connectivity index (χ4v) is 1.40. The molecule has 1 radical (unpaired) electrons. The van der Waals surface area contributed by atoms with Crippen LogP contribution in [0.25, 0.3) is 0 Å². The molecular weight excluding hydrogens is 293 g/mol. The Hall–Kier alpha value is -0.666. The van der Waals surface area contributed by atoms with E-state index in [1.165, 1.54) is 7.11 Å². The van der Waals surface area contributed by atoms with Gasteiger partial charge in [0.15, 0.2) is 0 Å². The number of hydrogen-bond donors (Lipinski definition) is 0. The van der Waals surface area contributed by atoms with Crippen LogP contribution in [0.2, 0.25) is 0 Å². The minimum Gasteiger partial charge on any atom is -0.470 e. The molecule has 1 aromatic carbocycles. The van der Waals surface area contributed by atoms with Gasteiger partial charge in [0, 0.05) is 32.7 Å². The van der Waals surface area contributed by atoms with Gasteiger partial charge >= 0.3 is 0 Å². The molecule has 0 heterocycles. The van der Waals surface area contributed by atoms with E-state index in [1.807, 2.05) is 6.92 Å². The molecule has 0 saturated heterocycles. The fraction of sp³-hybridized carbons (Fsp3) is 0.231. The van der Waals surface area contributed by atoms with E-state index in [2.05, 4.69) is 18.6 Å². The molecule has 0 aromatic heterocycles. The molecule has 1 aromatic rings. The van der Waals surface area contributed by atoms with Crippen LogP contribution in [0.3, 0.4) is 0 Å². The van der Waals surface area contributed by atoms with Crippen molar-refractivity contribution >= 4 is 11.8 Å². The first kappa shape index (κ1) is 16.3. The van der Waals surface area contributed by atoms with Gasteiger partial charge in [-0.3, -0.25) is 4.79 Å². The molecule has 0 aliphatic heterocycles. The van der Waals surface area contributed by atoms with E-state index in [-0.39, 0.29) is 38.5 Å². The van der Waals surface area contributed by atoms with Crippen LogP contribution in [-0.2, 0) is 42.2 Å². The Morgan fingerprint density at radius 1 is 1.35 bits per heavy atom. The number of ether oxygens (including phenoxy) is 1. The third-order valence-electron chi connectivity index (χ3n) is 2.33. The Morgan fingerprint density at radius 3 is 2.41 bits per heavy atom. The molecule has 0 amide bonds. The van der Waals surface area contributed by atoms with E-state index in [0.29, 0.717) is 11.1 Å². The molecular formula is C13H14O3Y-2. The number of benzene rings is 1. The summed E-state index contributed by atoms with van der Waals surface area (Å²) in [5, 5.41) is 0. The van der Waals surface area contributed by atoms with Crippen molar-refractivity contribution in [2.75, 3.05) is 7.11 Å². The van der Waals surface area contributed by atoms with Crippen LogP contribution in [-0.4, -0.2) is 18.9 Å². The normalized spacial score (nSPS) is 11.2. The number of aryl methyl sites for hydroxylation is 1. The van der Waals surface area contributed by atoms with Gasteiger partial charge in [-0.05, 0) is 5.92 Å². The molecule has 0 fully saturated rings. The molecule has 1 unspecified atom stereocenters. The Labute approximate surface area is 127 Å². The summed E-state index contributed by atoms with van der Waals surface area (Å²) in [6.07, 6.45) is 0. The quantitative estimate of drug-likeness (QED) is 0.371. The average Bonchev–Trinajstić information content (AvgIpc) is 2.26. The van der Waals surface area contributed by atoms with Gasteiger partial charge in [0.25, 0.3) is 5.97 Å². The third kappa shape index (κ3) is 3.93. The summed E-state index contributed by atoms with van der Waals surface area (Å²) in [7, 11) is 1.23. The van der Waals surface area contributed by atoms with Gasteiger partial charge in [0.2, 0.25) is 0 Å². The largest absolute Gasteiger partial charge is 0.470 e. The van der Waals surface area contributed by atoms with Crippen molar-refractivity contribution in [2.45, 2.75) is 6.92 Å². The molecule has 0 N–H and O–H groups in total. The van der Waals surface area contributed by atoms with E-state index in [1.54, 1.807) is 18.2 Å². The molecule has 0 spiro atoms. The zero-order chi connectivity index (χ0) is 12.3. The molecule has 0 aliphatic carbocycles. The van der Waals surface area contributed by atoms with Crippen LogP contribution in [0.15, 0.2) is 18.2 Å². The van der Waals surface area contributed by atoms with Crippen molar-refractivity contribution in [3.8, 4) is 0 Å². The number of methoxy groups -OCH3 is 1. The van der Waals surface area contributed by atoms with Gasteiger partial charge in [0.1, 0.15) is 0 Å². The van der Waals surface area contributed by atoms with Crippen molar-refractivity contribution < 1.29 is 47.0 Å². The molecule has 17 heavy (non-hydrogen) atoms. The van der Waals surface area contributed by atoms with Gasteiger partial charge in [-0.2, -0.15) is 18.6 Å². The van der Waals surface area contributed by atoms with Gasteiger partial charge in [-0.25, -0.2) is 0 Å². The zero-order valence-corrected chi connectivity index (χ0v) is 12.9. The maximum Gasteiger partial charge on any atom is 0.284 e. The van der Waals surface area contributed by atoms with Crippen LogP contribution >= 0.6 is 0 Å². The van der Waals surface area contributed by atoms with E-state index in [4.69, 9.17) is 0 Å². The van der Waals surface area contributed by atoms with E-state index >= 15 is 0 Å². The van der Waals surface area contributed by atoms with Crippen LogP contribution < -0.4 is 0 Å². The monoisotopic (exact) mass is 307 g/mol. The molecule has 3 nitrogen and oxygen atoms in total. The summed E-state index contributed by atoms with van der Waals surface area (Å²) >= 11 is 0. The number of carbonyl (C=O) groups excluding carboxylic acids is 2. The fourth-order valence-electron chi connectivity index (χ4n) is 1.40. The number of carbonyl (C=O) groups is 2. The van der Waals surface area contributed by atoms with Crippen molar-refractivity contribution in [3.05, 3.63) is 48.7 Å². The minimum atomic E-state index is -1.03. The number of rotatable bonds is 3. The molecule has 0 bridgehead atoms. The van der Waals surface area contributed by atoms with Gasteiger partial charge in [-0.1, -0.05) is 18.6 Å². The molecule has 1 rings (SSSR count). The van der Waals surface area contributed by atoms with Crippen LogP contribution in [0, 0.1) is 26.7 Å².